The highest BCUT2D eigenvalue weighted by atomic mass is 35.5. The highest BCUT2D eigenvalue weighted by Crippen LogP contribution is 2.22. The third-order valence-electron chi connectivity index (χ3n) is 5.08. The molecule has 0 heterocycles. The molecule has 0 unspecified atom stereocenters. The zero-order valence-electron chi connectivity index (χ0n) is 17.8. The van der Waals surface area contributed by atoms with Crippen molar-refractivity contribution in [3.63, 3.8) is 0 Å². The number of hydrogen-bond donors (Lipinski definition) is 2. The number of aromatic carboxylic acids is 1. The lowest BCUT2D eigenvalue weighted by Crippen LogP contribution is -2.26. The number of hydrogen-bond acceptors (Lipinski definition) is 4. The van der Waals surface area contributed by atoms with Crippen LogP contribution in [0.5, 0.6) is 5.75 Å². The Morgan fingerprint density at radius 3 is 2.48 bits per heavy atom. The fourth-order valence-corrected chi connectivity index (χ4v) is 4.50. The molecule has 3 rings (SSSR count). The standard InChI is InChI=1S/C24H23ClFNO5S/c1-2-17-8-11-19(14-20(17)24(28)29)33(30,31)27-13-12-16-6-9-18(10-7-16)32-15-21-22(25)4-3-5-23(21)26/h3-11,14,27H,2,12-13,15H2,1H3,(H,28,29). The van der Waals surface area contributed by atoms with Gasteiger partial charge in [-0.1, -0.05) is 42.8 Å². The number of aryl methyl sites for hydroxylation is 1. The molecule has 0 aliphatic rings. The van der Waals surface area contributed by atoms with Gasteiger partial charge in [0, 0.05) is 12.1 Å². The number of nitrogens with one attached hydrogen (secondary N) is 1. The van der Waals surface area contributed by atoms with E-state index in [4.69, 9.17) is 16.3 Å². The summed E-state index contributed by atoms with van der Waals surface area (Å²) in [5.41, 5.74) is 1.69. The molecule has 0 saturated carbocycles. The van der Waals surface area contributed by atoms with E-state index in [1.165, 1.54) is 30.3 Å². The molecule has 0 saturated heterocycles. The highest BCUT2D eigenvalue weighted by molar-refractivity contribution is 7.89. The SMILES string of the molecule is CCc1ccc(S(=O)(=O)NCCc2ccc(OCc3c(F)cccc3Cl)cc2)cc1C(=O)O. The van der Waals surface area contributed by atoms with E-state index in [0.29, 0.717) is 29.2 Å². The van der Waals surface area contributed by atoms with Crippen LogP contribution in [0.2, 0.25) is 5.02 Å². The Bertz CT molecular complexity index is 1230. The van der Waals surface area contributed by atoms with Gasteiger partial charge in [-0.2, -0.15) is 0 Å². The summed E-state index contributed by atoms with van der Waals surface area (Å²) in [4.78, 5) is 11.3. The Balaban J connectivity index is 1.57. The van der Waals surface area contributed by atoms with Crippen LogP contribution in [-0.4, -0.2) is 26.0 Å². The minimum atomic E-state index is -3.85. The summed E-state index contributed by atoms with van der Waals surface area (Å²) in [7, 11) is -3.85. The summed E-state index contributed by atoms with van der Waals surface area (Å²) in [5, 5.41) is 9.60. The van der Waals surface area contributed by atoms with Gasteiger partial charge in [0.25, 0.3) is 0 Å². The monoisotopic (exact) mass is 491 g/mol. The lowest BCUT2D eigenvalue weighted by Gasteiger charge is -2.11. The molecule has 0 aromatic heterocycles. The first-order valence-corrected chi connectivity index (χ1v) is 12.1. The number of carbonyl (C=O) groups is 1. The van der Waals surface area contributed by atoms with Crippen molar-refractivity contribution >= 4 is 27.6 Å². The summed E-state index contributed by atoms with van der Waals surface area (Å²) in [5.74, 6) is -1.08. The van der Waals surface area contributed by atoms with Gasteiger partial charge in [0.15, 0.2) is 0 Å². The Morgan fingerprint density at radius 1 is 1.12 bits per heavy atom. The van der Waals surface area contributed by atoms with E-state index in [9.17, 15) is 22.7 Å². The van der Waals surface area contributed by atoms with Crippen molar-refractivity contribution in [2.24, 2.45) is 0 Å². The molecule has 0 amide bonds. The molecular formula is C24H23ClFNO5S. The molecule has 0 atom stereocenters. The number of carboxylic acids is 1. The molecule has 0 bridgehead atoms. The maximum atomic E-state index is 13.8. The number of benzene rings is 3. The molecule has 3 aromatic carbocycles. The second-order valence-corrected chi connectivity index (χ2v) is 9.43. The van der Waals surface area contributed by atoms with E-state index in [-0.39, 0.29) is 29.2 Å². The summed E-state index contributed by atoms with van der Waals surface area (Å²) in [6, 6.07) is 15.5. The quantitative estimate of drug-likeness (QED) is 0.423. The number of halogens is 2. The van der Waals surface area contributed by atoms with E-state index in [1.807, 2.05) is 0 Å². The van der Waals surface area contributed by atoms with Crippen LogP contribution in [0.25, 0.3) is 0 Å². The predicted octanol–water partition coefficient (Wildman–Crippen LogP) is 4.84. The number of rotatable bonds is 10. The molecule has 9 heteroatoms. The normalized spacial score (nSPS) is 11.4. The Hall–Kier alpha value is -2.94. The van der Waals surface area contributed by atoms with Crippen LogP contribution in [0.15, 0.2) is 65.6 Å². The molecule has 33 heavy (non-hydrogen) atoms. The fraction of sp³-hybridized carbons (Fsp3) is 0.208. The van der Waals surface area contributed by atoms with Crippen LogP contribution in [-0.2, 0) is 29.5 Å². The largest absolute Gasteiger partial charge is 0.489 e. The topological polar surface area (TPSA) is 92.7 Å². The van der Waals surface area contributed by atoms with Gasteiger partial charge in [0.05, 0.1) is 15.5 Å². The van der Waals surface area contributed by atoms with Gasteiger partial charge in [0.2, 0.25) is 10.0 Å². The van der Waals surface area contributed by atoms with Gasteiger partial charge >= 0.3 is 5.97 Å². The molecule has 6 nitrogen and oxygen atoms in total. The third kappa shape index (κ3) is 6.31. The average molecular weight is 492 g/mol. The molecule has 2 N–H and O–H groups in total. The smallest absolute Gasteiger partial charge is 0.336 e. The zero-order chi connectivity index (χ0) is 24.0. The van der Waals surface area contributed by atoms with Crippen molar-refractivity contribution < 1.29 is 27.4 Å². The van der Waals surface area contributed by atoms with Crippen molar-refractivity contribution in [1.82, 2.24) is 4.72 Å². The first kappa shape index (κ1) is 24.7. The number of ether oxygens (including phenoxy) is 1. The molecule has 3 aromatic rings. The number of carboxylic acid groups (broad SMARTS) is 1. The van der Waals surface area contributed by atoms with E-state index < -0.39 is 21.8 Å². The lowest BCUT2D eigenvalue weighted by molar-refractivity contribution is 0.0695. The Morgan fingerprint density at radius 2 is 1.85 bits per heavy atom. The van der Waals surface area contributed by atoms with E-state index in [1.54, 1.807) is 37.3 Å². The minimum Gasteiger partial charge on any atom is -0.489 e. The second kappa shape index (κ2) is 10.8. The summed E-state index contributed by atoms with van der Waals surface area (Å²) in [6.45, 7) is 1.92. The molecule has 0 spiro atoms. The highest BCUT2D eigenvalue weighted by Gasteiger charge is 2.18. The van der Waals surface area contributed by atoms with Crippen LogP contribution in [0.4, 0.5) is 4.39 Å². The van der Waals surface area contributed by atoms with Gasteiger partial charge in [0.1, 0.15) is 18.2 Å². The van der Waals surface area contributed by atoms with Crippen LogP contribution >= 0.6 is 11.6 Å². The fourth-order valence-electron chi connectivity index (χ4n) is 3.22. The summed E-state index contributed by atoms with van der Waals surface area (Å²) in [6.07, 6.45) is 0.903. The minimum absolute atomic E-state index is 0.0141. The van der Waals surface area contributed by atoms with Gasteiger partial charge in [-0.3, -0.25) is 0 Å². The van der Waals surface area contributed by atoms with Crippen molar-refractivity contribution in [2.75, 3.05) is 6.54 Å². The van der Waals surface area contributed by atoms with Gasteiger partial charge in [-0.05, 0) is 60.4 Å². The van der Waals surface area contributed by atoms with Crippen molar-refractivity contribution in [3.8, 4) is 5.75 Å². The molecule has 0 radical (unpaired) electrons. The molecule has 0 aliphatic heterocycles. The van der Waals surface area contributed by atoms with Crippen LogP contribution in [0.1, 0.15) is 34.0 Å². The van der Waals surface area contributed by atoms with Crippen LogP contribution < -0.4 is 9.46 Å². The molecule has 174 valence electrons. The average Bonchev–Trinajstić information content (AvgIpc) is 2.79. The van der Waals surface area contributed by atoms with Gasteiger partial charge in [-0.25, -0.2) is 22.3 Å². The van der Waals surface area contributed by atoms with Crippen LogP contribution in [0, 0.1) is 5.82 Å². The maximum Gasteiger partial charge on any atom is 0.336 e. The zero-order valence-corrected chi connectivity index (χ0v) is 19.4. The Kier molecular flexibility index (Phi) is 8.07. The second-order valence-electron chi connectivity index (χ2n) is 7.26. The maximum absolute atomic E-state index is 13.8. The third-order valence-corrected chi connectivity index (χ3v) is 6.89. The van der Waals surface area contributed by atoms with Crippen molar-refractivity contribution in [2.45, 2.75) is 31.3 Å². The van der Waals surface area contributed by atoms with E-state index in [2.05, 4.69) is 4.72 Å². The summed E-state index contributed by atoms with van der Waals surface area (Å²) < 4.78 is 47.0. The van der Waals surface area contributed by atoms with Crippen molar-refractivity contribution in [1.29, 1.82) is 0 Å². The predicted molar refractivity (Wildman–Crippen MR) is 124 cm³/mol. The Labute approximate surface area is 197 Å². The van der Waals surface area contributed by atoms with E-state index >= 15 is 0 Å². The molecule has 0 fully saturated rings. The first-order valence-electron chi connectivity index (χ1n) is 10.2. The molecule has 0 aliphatic carbocycles. The van der Waals surface area contributed by atoms with E-state index in [0.717, 1.165) is 5.56 Å². The molecular weight excluding hydrogens is 469 g/mol. The lowest BCUT2D eigenvalue weighted by atomic mass is 10.1. The first-order chi connectivity index (χ1) is 15.7. The van der Waals surface area contributed by atoms with Crippen molar-refractivity contribution in [3.05, 3.63) is 93.8 Å². The van der Waals surface area contributed by atoms with Gasteiger partial charge in [-0.15, -0.1) is 0 Å². The van der Waals surface area contributed by atoms with Gasteiger partial charge < -0.3 is 9.84 Å². The summed E-state index contributed by atoms with van der Waals surface area (Å²) >= 11 is 5.99. The van der Waals surface area contributed by atoms with Crippen LogP contribution in [0.3, 0.4) is 0 Å². The number of sulfonamides is 1.